The predicted octanol–water partition coefficient (Wildman–Crippen LogP) is 0.817. The van der Waals surface area contributed by atoms with Gasteiger partial charge in [0, 0.05) is 5.69 Å². The second kappa shape index (κ2) is 4.16. The highest BCUT2D eigenvalue weighted by Crippen LogP contribution is 2.09. The Morgan fingerprint density at radius 2 is 1.86 bits per heavy atom. The van der Waals surface area contributed by atoms with Crippen molar-refractivity contribution in [1.29, 1.82) is 0 Å². The normalized spacial score (nSPS) is 10.8. The largest absolute Gasteiger partial charge is 0.399 e. The first kappa shape index (κ1) is 10.6. The summed E-state index contributed by atoms with van der Waals surface area (Å²) in [4.78, 5) is 0. The number of benzene rings is 1. The van der Waals surface area contributed by atoms with E-state index in [0.29, 0.717) is 11.3 Å². The lowest BCUT2D eigenvalue weighted by molar-refractivity contribution is 0.598. The van der Waals surface area contributed by atoms with Gasteiger partial charge < -0.3 is 5.73 Å². The summed E-state index contributed by atoms with van der Waals surface area (Å²) in [5, 5.41) is 0. The Kier molecular flexibility index (Phi) is 3.15. The van der Waals surface area contributed by atoms with Gasteiger partial charge in [-0.15, -0.1) is 6.42 Å². The van der Waals surface area contributed by atoms with Crippen molar-refractivity contribution in [3.63, 3.8) is 0 Å². The highest BCUT2D eigenvalue weighted by Gasteiger charge is 2.09. The molecular formula is C10H11NO2S. The van der Waals surface area contributed by atoms with Crippen LogP contribution in [-0.2, 0) is 15.6 Å². The first-order valence-electron chi connectivity index (χ1n) is 4.02. The summed E-state index contributed by atoms with van der Waals surface area (Å²) in [6.45, 7) is 0. The van der Waals surface area contributed by atoms with Crippen LogP contribution in [0.3, 0.4) is 0 Å². The van der Waals surface area contributed by atoms with Crippen LogP contribution in [0.1, 0.15) is 5.56 Å². The van der Waals surface area contributed by atoms with Crippen molar-refractivity contribution in [2.45, 2.75) is 5.75 Å². The number of anilines is 1. The van der Waals surface area contributed by atoms with Crippen LogP contribution >= 0.6 is 0 Å². The quantitative estimate of drug-likeness (QED) is 0.592. The van der Waals surface area contributed by atoms with E-state index < -0.39 is 9.84 Å². The molecule has 0 amide bonds. The summed E-state index contributed by atoms with van der Waals surface area (Å²) in [5.74, 6) is 1.87. The van der Waals surface area contributed by atoms with Gasteiger partial charge in [0.2, 0.25) is 0 Å². The van der Waals surface area contributed by atoms with Crippen molar-refractivity contribution in [2.24, 2.45) is 0 Å². The lowest BCUT2D eigenvalue weighted by Gasteiger charge is -2.01. The summed E-state index contributed by atoms with van der Waals surface area (Å²) in [6, 6.07) is 6.70. The molecule has 0 spiro atoms. The number of hydrogen-bond acceptors (Lipinski definition) is 3. The van der Waals surface area contributed by atoms with E-state index in [-0.39, 0.29) is 11.5 Å². The Bertz CT molecular complexity index is 440. The summed E-state index contributed by atoms with van der Waals surface area (Å²) in [5.41, 5.74) is 6.78. The SMILES string of the molecule is C#CCS(=O)(=O)Cc1ccc(N)cc1. The number of nitrogen functional groups attached to an aromatic ring is 1. The molecule has 0 aliphatic heterocycles. The number of nitrogens with two attached hydrogens (primary N) is 1. The highest BCUT2D eigenvalue weighted by atomic mass is 32.2. The van der Waals surface area contributed by atoms with E-state index >= 15 is 0 Å². The first-order chi connectivity index (χ1) is 6.53. The van der Waals surface area contributed by atoms with Crippen molar-refractivity contribution in [1.82, 2.24) is 0 Å². The summed E-state index contributed by atoms with van der Waals surface area (Å²) >= 11 is 0. The third-order valence-corrected chi connectivity index (χ3v) is 3.05. The molecule has 3 nitrogen and oxygen atoms in total. The Balaban J connectivity index is 2.80. The van der Waals surface area contributed by atoms with Crippen molar-refractivity contribution in [2.75, 3.05) is 11.5 Å². The van der Waals surface area contributed by atoms with Crippen LogP contribution in [0, 0.1) is 12.3 Å². The fraction of sp³-hybridized carbons (Fsp3) is 0.200. The van der Waals surface area contributed by atoms with E-state index in [4.69, 9.17) is 12.2 Å². The molecule has 0 aromatic heterocycles. The van der Waals surface area contributed by atoms with Crippen molar-refractivity contribution in [3.05, 3.63) is 29.8 Å². The van der Waals surface area contributed by atoms with Crippen molar-refractivity contribution in [3.8, 4) is 12.3 Å². The molecule has 0 fully saturated rings. The zero-order valence-corrected chi connectivity index (χ0v) is 8.42. The second-order valence-electron chi connectivity index (χ2n) is 2.98. The third kappa shape index (κ3) is 3.11. The van der Waals surface area contributed by atoms with Gasteiger partial charge in [-0.1, -0.05) is 18.1 Å². The molecule has 14 heavy (non-hydrogen) atoms. The van der Waals surface area contributed by atoms with Gasteiger partial charge in [-0.05, 0) is 17.7 Å². The molecule has 0 radical (unpaired) electrons. The molecule has 0 aliphatic carbocycles. The fourth-order valence-corrected chi connectivity index (χ4v) is 2.10. The molecule has 0 atom stereocenters. The standard InChI is InChI=1S/C10H11NO2S/c1-2-7-14(12,13)8-9-3-5-10(11)6-4-9/h1,3-6H,7-8,11H2. The number of rotatable bonds is 3. The molecule has 4 heteroatoms. The van der Waals surface area contributed by atoms with Gasteiger partial charge in [-0.25, -0.2) is 8.42 Å². The first-order valence-corrected chi connectivity index (χ1v) is 5.84. The van der Waals surface area contributed by atoms with E-state index in [1.807, 2.05) is 0 Å². The molecule has 0 bridgehead atoms. The molecular weight excluding hydrogens is 198 g/mol. The van der Waals surface area contributed by atoms with Gasteiger partial charge in [0.1, 0.15) is 5.75 Å². The smallest absolute Gasteiger partial charge is 0.165 e. The Morgan fingerprint density at radius 1 is 1.29 bits per heavy atom. The van der Waals surface area contributed by atoms with Crippen LogP contribution < -0.4 is 5.73 Å². The minimum Gasteiger partial charge on any atom is -0.399 e. The van der Waals surface area contributed by atoms with Gasteiger partial charge in [-0.2, -0.15) is 0 Å². The molecule has 1 rings (SSSR count). The zero-order chi connectivity index (χ0) is 10.6. The zero-order valence-electron chi connectivity index (χ0n) is 7.60. The van der Waals surface area contributed by atoms with E-state index in [9.17, 15) is 8.42 Å². The van der Waals surface area contributed by atoms with Crippen LogP contribution in [0.2, 0.25) is 0 Å². The minimum absolute atomic E-state index is 0.0303. The lowest BCUT2D eigenvalue weighted by Crippen LogP contribution is -2.07. The number of terminal acetylenes is 1. The summed E-state index contributed by atoms with van der Waals surface area (Å²) < 4.78 is 22.6. The lowest BCUT2D eigenvalue weighted by atomic mass is 10.2. The van der Waals surface area contributed by atoms with Crippen LogP contribution in [-0.4, -0.2) is 14.2 Å². The molecule has 2 N–H and O–H groups in total. The summed E-state index contributed by atoms with van der Waals surface area (Å²) in [7, 11) is -3.17. The summed E-state index contributed by atoms with van der Waals surface area (Å²) in [6.07, 6.45) is 4.94. The Hall–Kier alpha value is -1.47. The average Bonchev–Trinajstić information content (AvgIpc) is 2.08. The maximum Gasteiger partial charge on any atom is 0.165 e. The Morgan fingerprint density at radius 3 is 2.36 bits per heavy atom. The number of sulfone groups is 1. The van der Waals surface area contributed by atoms with Gasteiger partial charge in [0.25, 0.3) is 0 Å². The van der Waals surface area contributed by atoms with Gasteiger partial charge >= 0.3 is 0 Å². The maximum absolute atomic E-state index is 11.3. The highest BCUT2D eigenvalue weighted by molar-refractivity contribution is 7.90. The molecule has 0 saturated carbocycles. The Labute approximate surface area is 83.9 Å². The third-order valence-electron chi connectivity index (χ3n) is 1.67. The van der Waals surface area contributed by atoms with Crippen LogP contribution in [0.15, 0.2) is 24.3 Å². The molecule has 0 unspecified atom stereocenters. The monoisotopic (exact) mass is 209 g/mol. The van der Waals surface area contributed by atoms with Gasteiger partial charge in [-0.3, -0.25) is 0 Å². The van der Waals surface area contributed by atoms with E-state index in [1.54, 1.807) is 24.3 Å². The molecule has 0 aliphatic rings. The predicted molar refractivity (Wildman–Crippen MR) is 57.2 cm³/mol. The fourth-order valence-electron chi connectivity index (χ4n) is 1.05. The van der Waals surface area contributed by atoms with E-state index in [2.05, 4.69) is 5.92 Å². The van der Waals surface area contributed by atoms with E-state index in [1.165, 1.54) is 0 Å². The molecule has 1 aromatic rings. The average molecular weight is 209 g/mol. The topological polar surface area (TPSA) is 60.2 Å². The van der Waals surface area contributed by atoms with Crippen LogP contribution in [0.25, 0.3) is 0 Å². The molecule has 1 aromatic carbocycles. The van der Waals surface area contributed by atoms with Gasteiger partial charge in [0.15, 0.2) is 9.84 Å². The van der Waals surface area contributed by atoms with Crippen LogP contribution in [0.4, 0.5) is 5.69 Å². The molecule has 0 heterocycles. The van der Waals surface area contributed by atoms with Gasteiger partial charge in [0.05, 0.1) is 5.75 Å². The second-order valence-corrected chi connectivity index (χ2v) is 5.04. The molecule has 0 saturated heterocycles. The maximum atomic E-state index is 11.3. The van der Waals surface area contributed by atoms with Crippen LogP contribution in [0.5, 0.6) is 0 Å². The van der Waals surface area contributed by atoms with Crippen molar-refractivity contribution >= 4 is 15.5 Å². The molecule has 74 valence electrons. The number of hydrogen-bond donors (Lipinski definition) is 1. The minimum atomic E-state index is -3.17. The van der Waals surface area contributed by atoms with E-state index in [0.717, 1.165) is 0 Å². The van der Waals surface area contributed by atoms with Crippen molar-refractivity contribution < 1.29 is 8.42 Å².